The zero-order chi connectivity index (χ0) is 15.6. The summed E-state index contributed by atoms with van der Waals surface area (Å²) in [6, 6.07) is 0.199. The Morgan fingerprint density at radius 1 is 1.14 bits per heavy atom. The van der Waals surface area contributed by atoms with Crippen LogP contribution in [-0.2, 0) is 9.53 Å². The molecular formula is C16H31ClN2O2. The molecule has 0 aliphatic heterocycles. The molecule has 2 saturated carbocycles. The molecule has 2 aliphatic carbocycles. The topological polar surface area (TPSA) is 64.3 Å². The van der Waals surface area contributed by atoms with Gasteiger partial charge in [0.1, 0.15) is 5.54 Å². The van der Waals surface area contributed by atoms with Gasteiger partial charge in [0.15, 0.2) is 0 Å². The van der Waals surface area contributed by atoms with Crippen molar-refractivity contribution in [2.24, 2.45) is 22.0 Å². The van der Waals surface area contributed by atoms with Crippen LogP contribution in [0.3, 0.4) is 0 Å². The lowest BCUT2D eigenvalue weighted by Gasteiger charge is -2.57. The van der Waals surface area contributed by atoms with Crippen LogP contribution in [0.25, 0.3) is 0 Å². The zero-order valence-electron chi connectivity index (χ0n) is 14.4. The van der Waals surface area contributed by atoms with E-state index in [0.717, 1.165) is 0 Å². The molecule has 2 aliphatic rings. The number of nitrogens with one attached hydrogen (secondary N) is 1. The lowest BCUT2D eigenvalue weighted by Crippen LogP contribution is -2.76. The Morgan fingerprint density at radius 2 is 1.62 bits per heavy atom. The fraction of sp³-hybridized carbons (Fsp3) is 0.938. The van der Waals surface area contributed by atoms with Crippen LogP contribution in [0.2, 0.25) is 0 Å². The molecule has 5 heteroatoms. The average molecular weight is 319 g/mol. The molecule has 0 aromatic rings. The fourth-order valence-electron chi connectivity index (χ4n) is 3.64. The van der Waals surface area contributed by atoms with E-state index in [0.29, 0.717) is 13.0 Å². The second kappa shape index (κ2) is 5.10. The van der Waals surface area contributed by atoms with Crippen LogP contribution in [0, 0.1) is 16.2 Å². The molecule has 2 unspecified atom stereocenters. The number of rotatable bonds is 4. The van der Waals surface area contributed by atoms with Gasteiger partial charge in [-0.3, -0.25) is 4.79 Å². The van der Waals surface area contributed by atoms with Crippen LogP contribution < -0.4 is 11.1 Å². The molecule has 2 atom stereocenters. The van der Waals surface area contributed by atoms with Crippen LogP contribution in [-0.4, -0.2) is 30.2 Å². The summed E-state index contributed by atoms with van der Waals surface area (Å²) in [7, 11) is 0. The normalized spacial score (nSPS) is 35.3. The van der Waals surface area contributed by atoms with E-state index in [1.807, 2.05) is 20.8 Å². The summed E-state index contributed by atoms with van der Waals surface area (Å²) in [5, 5.41) is 3.18. The molecular weight excluding hydrogens is 288 g/mol. The molecule has 0 aromatic carbocycles. The molecule has 0 heterocycles. The molecule has 0 aromatic heterocycles. The maximum absolute atomic E-state index is 12.6. The minimum atomic E-state index is -0.818. The van der Waals surface area contributed by atoms with E-state index >= 15 is 0 Å². The predicted octanol–water partition coefficient (Wildman–Crippen LogP) is 2.49. The van der Waals surface area contributed by atoms with E-state index in [1.54, 1.807) is 0 Å². The van der Waals surface area contributed by atoms with Gasteiger partial charge < -0.3 is 15.8 Å². The third-order valence-electron chi connectivity index (χ3n) is 6.53. The van der Waals surface area contributed by atoms with E-state index in [1.165, 1.54) is 0 Å². The number of ether oxygens (including phenoxy) is 1. The maximum Gasteiger partial charge on any atom is 0.241 e. The van der Waals surface area contributed by atoms with Crippen LogP contribution >= 0.6 is 12.4 Å². The molecule has 0 bridgehead atoms. The van der Waals surface area contributed by atoms with Crippen molar-refractivity contribution in [2.75, 3.05) is 6.61 Å². The second-order valence-electron chi connectivity index (χ2n) is 8.19. The first-order valence-corrected chi connectivity index (χ1v) is 7.64. The minimum Gasteiger partial charge on any atom is -0.378 e. The standard InChI is InChI=1S/C16H30N2O2.ClH/c1-8-20-10-9-16(17,13(10,2)3)12(19)18-11-14(4,5)15(11,6)7;/h10-11H,8-9,17H2,1-7H3,(H,18,19);1H. The van der Waals surface area contributed by atoms with Gasteiger partial charge in [0.25, 0.3) is 0 Å². The molecule has 21 heavy (non-hydrogen) atoms. The highest BCUT2D eigenvalue weighted by Crippen LogP contribution is 2.63. The predicted molar refractivity (Wildman–Crippen MR) is 87.5 cm³/mol. The molecule has 0 saturated heterocycles. The van der Waals surface area contributed by atoms with Crippen molar-refractivity contribution in [1.82, 2.24) is 5.32 Å². The van der Waals surface area contributed by atoms with Gasteiger partial charge in [-0.15, -0.1) is 12.4 Å². The van der Waals surface area contributed by atoms with Crippen molar-refractivity contribution in [3.05, 3.63) is 0 Å². The second-order valence-corrected chi connectivity index (χ2v) is 8.19. The number of amides is 1. The summed E-state index contributed by atoms with van der Waals surface area (Å²) >= 11 is 0. The summed E-state index contributed by atoms with van der Waals surface area (Å²) in [6.07, 6.45) is 0.677. The molecule has 124 valence electrons. The monoisotopic (exact) mass is 318 g/mol. The fourth-order valence-corrected chi connectivity index (χ4v) is 3.64. The Labute approximate surface area is 135 Å². The van der Waals surface area contributed by atoms with Crippen molar-refractivity contribution in [1.29, 1.82) is 0 Å². The summed E-state index contributed by atoms with van der Waals surface area (Å²) in [5.74, 6) is -0.0258. The lowest BCUT2D eigenvalue weighted by molar-refractivity contribution is -0.171. The van der Waals surface area contributed by atoms with E-state index < -0.39 is 5.54 Å². The first kappa shape index (κ1) is 18.7. The van der Waals surface area contributed by atoms with Crippen molar-refractivity contribution >= 4 is 18.3 Å². The van der Waals surface area contributed by atoms with Crippen molar-refractivity contribution in [3.63, 3.8) is 0 Å². The summed E-state index contributed by atoms with van der Waals surface area (Å²) in [4.78, 5) is 12.6. The Kier molecular flexibility index (Phi) is 4.55. The van der Waals surface area contributed by atoms with Gasteiger partial charge in [0.05, 0.1) is 6.10 Å². The van der Waals surface area contributed by atoms with E-state index in [-0.39, 0.29) is 46.7 Å². The van der Waals surface area contributed by atoms with Gasteiger partial charge in [-0.25, -0.2) is 0 Å². The number of carbonyl (C=O) groups excluding carboxylic acids is 1. The van der Waals surface area contributed by atoms with Crippen molar-refractivity contribution in [2.45, 2.75) is 72.6 Å². The Bertz CT molecular complexity index is 420. The first-order chi connectivity index (χ1) is 8.93. The molecule has 1 amide bonds. The van der Waals surface area contributed by atoms with Gasteiger partial charge in [-0.2, -0.15) is 0 Å². The lowest BCUT2D eigenvalue weighted by atomic mass is 9.54. The van der Waals surface area contributed by atoms with Gasteiger partial charge >= 0.3 is 0 Å². The zero-order valence-corrected chi connectivity index (χ0v) is 15.2. The molecule has 2 rings (SSSR count). The number of hydrogen-bond donors (Lipinski definition) is 2. The third-order valence-corrected chi connectivity index (χ3v) is 6.53. The smallest absolute Gasteiger partial charge is 0.241 e. The number of carbonyl (C=O) groups is 1. The van der Waals surface area contributed by atoms with Gasteiger partial charge in [-0.05, 0) is 17.8 Å². The molecule has 0 radical (unpaired) electrons. The minimum absolute atomic E-state index is 0. The molecule has 4 nitrogen and oxygen atoms in total. The highest BCUT2D eigenvalue weighted by Gasteiger charge is 2.68. The summed E-state index contributed by atoms with van der Waals surface area (Å²) in [5.41, 5.74) is 5.53. The Hall–Kier alpha value is -0.320. The number of halogens is 1. The van der Waals surface area contributed by atoms with Crippen LogP contribution in [0.15, 0.2) is 0 Å². The van der Waals surface area contributed by atoms with Crippen molar-refractivity contribution in [3.8, 4) is 0 Å². The van der Waals surface area contributed by atoms with Gasteiger partial charge in [0, 0.05) is 24.5 Å². The van der Waals surface area contributed by atoms with E-state index in [2.05, 4.69) is 33.0 Å². The highest BCUT2D eigenvalue weighted by molar-refractivity contribution is 5.89. The van der Waals surface area contributed by atoms with Crippen molar-refractivity contribution < 1.29 is 9.53 Å². The molecule has 0 spiro atoms. The third kappa shape index (κ3) is 2.30. The highest BCUT2D eigenvalue weighted by atomic mass is 35.5. The molecule has 3 N–H and O–H groups in total. The summed E-state index contributed by atoms with van der Waals surface area (Å²) < 4.78 is 5.68. The maximum atomic E-state index is 12.6. The van der Waals surface area contributed by atoms with Gasteiger partial charge in [-0.1, -0.05) is 41.5 Å². The Morgan fingerprint density at radius 3 is 1.95 bits per heavy atom. The quantitative estimate of drug-likeness (QED) is 0.837. The van der Waals surface area contributed by atoms with Crippen LogP contribution in [0.1, 0.15) is 54.9 Å². The van der Waals surface area contributed by atoms with E-state index in [4.69, 9.17) is 10.5 Å². The number of hydrogen-bond acceptors (Lipinski definition) is 3. The van der Waals surface area contributed by atoms with Gasteiger partial charge in [0.2, 0.25) is 5.91 Å². The number of nitrogens with two attached hydrogens (primary N) is 1. The SMILES string of the molecule is CCOC1CC(N)(C(=O)NC2C(C)(C)C2(C)C)C1(C)C.Cl. The first-order valence-electron chi connectivity index (χ1n) is 7.64. The summed E-state index contributed by atoms with van der Waals surface area (Å²) in [6.45, 7) is 15.5. The van der Waals surface area contributed by atoms with E-state index in [9.17, 15) is 4.79 Å². The molecule has 2 fully saturated rings. The Balaban J connectivity index is 0.00000220. The average Bonchev–Trinajstić information content (AvgIpc) is 2.71. The van der Waals surface area contributed by atoms with Crippen LogP contribution in [0.4, 0.5) is 0 Å². The van der Waals surface area contributed by atoms with Crippen LogP contribution in [0.5, 0.6) is 0 Å². The largest absolute Gasteiger partial charge is 0.378 e.